The van der Waals surface area contributed by atoms with Crippen molar-refractivity contribution in [3.8, 4) is 5.75 Å². The Bertz CT molecular complexity index is 761. The zero-order valence-corrected chi connectivity index (χ0v) is 15.1. The van der Waals surface area contributed by atoms with Crippen LogP contribution in [0.2, 0.25) is 0 Å². The summed E-state index contributed by atoms with van der Waals surface area (Å²) in [6.07, 6.45) is 1.55. The molecule has 0 spiro atoms. The van der Waals surface area contributed by atoms with Crippen molar-refractivity contribution >= 4 is 27.8 Å². The zero-order chi connectivity index (χ0) is 18.1. The highest BCUT2D eigenvalue weighted by Gasteiger charge is 2.15. The van der Waals surface area contributed by atoms with Crippen LogP contribution in [0.1, 0.15) is 15.9 Å². The number of ether oxygens (including phenoxy) is 2. The quantitative estimate of drug-likeness (QED) is 0.541. The van der Waals surface area contributed by atoms with Gasteiger partial charge >= 0.3 is 5.97 Å². The summed E-state index contributed by atoms with van der Waals surface area (Å²) in [6.45, 7) is 3.77. The summed E-state index contributed by atoms with van der Waals surface area (Å²) in [5, 5.41) is 2.54. The molecule has 0 aromatic heterocycles. The Morgan fingerprint density at radius 2 is 1.96 bits per heavy atom. The van der Waals surface area contributed by atoms with E-state index in [4.69, 9.17) is 9.47 Å². The minimum atomic E-state index is -0.612. The second kappa shape index (κ2) is 9.64. The molecule has 0 saturated carbocycles. The third-order valence-electron chi connectivity index (χ3n) is 3.17. The zero-order valence-electron chi connectivity index (χ0n) is 13.5. The molecule has 0 aliphatic heterocycles. The molecule has 2 aromatic carbocycles. The lowest BCUT2D eigenvalue weighted by Crippen LogP contribution is -2.28. The maximum atomic E-state index is 12.2. The molecule has 6 heteroatoms. The first-order valence-electron chi connectivity index (χ1n) is 7.61. The Kier molecular flexibility index (Phi) is 7.22. The van der Waals surface area contributed by atoms with E-state index in [1.54, 1.807) is 30.3 Å². The average molecular weight is 404 g/mol. The van der Waals surface area contributed by atoms with E-state index in [0.717, 1.165) is 10.0 Å². The van der Waals surface area contributed by atoms with Gasteiger partial charge in [0.1, 0.15) is 17.9 Å². The van der Waals surface area contributed by atoms with Crippen LogP contribution in [0.25, 0.3) is 0 Å². The van der Waals surface area contributed by atoms with Gasteiger partial charge in [-0.05, 0) is 29.8 Å². The molecular weight excluding hydrogens is 386 g/mol. The van der Waals surface area contributed by atoms with E-state index in [9.17, 15) is 9.59 Å². The Balaban J connectivity index is 1.98. The van der Waals surface area contributed by atoms with E-state index in [-0.39, 0.29) is 18.1 Å². The van der Waals surface area contributed by atoms with Gasteiger partial charge in [-0.15, -0.1) is 6.58 Å². The van der Waals surface area contributed by atoms with Gasteiger partial charge in [0, 0.05) is 11.0 Å². The number of amides is 1. The standard InChI is InChI=1S/C19H18BrNO4/c1-2-10-21-18(22)13-25-19(23)16-8-3-4-9-17(16)24-12-14-6-5-7-15(20)11-14/h2-9,11H,1,10,12-13H2,(H,21,22). The normalized spacial score (nSPS) is 9.96. The molecule has 0 bridgehead atoms. The minimum Gasteiger partial charge on any atom is -0.488 e. The summed E-state index contributed by atoms with van der Waals surface area (Å²) in [5.41, 5.74) is 1.23. The molecule has 5 nitrogen and oxygen atoms in total. The van der Waals surface area contributed by atoms with Crippen LogP contribution in [0.3, 0.4) is 0 Å². The lowest BCUT2D eigenvalue weighted by Gasteiger charge is -2.11. The Morgan fingerprint density at radius 3 is 2.72 bits per heavy atom. The molecule has 0 aliphatic rings. The summed E-state index contributed by atoms with van der Waals surface area (Å²) in [5.74, 6) is -0.599. The van der Waals surface area contributed by atoms with Gasteiger partial charge in [-0.25, -0.2) is 4.79 Å². The van der Waals surface area contributed by atoms with Crippen molar-refractivity contribution in [2.24, 2.45) is 0 Å². The molecule has 2 rings (SSSR count). The second-order valence-electron chi connectivity index (χ2n) is 5.08. The number of carbonyl (C=O) groups excluding carboxylic acids is 2. The fourth-order valence-corrected chi connectivity index (χ4v) is 2.44. The Morgan fingerprint density at radius 1 is 1.16 bits per heavy atom. The van der Waals surface area contributed by atoms with Crippen LogP contribution in [0, 0.1) is 0 Å². The highest BCUT2D eigenvalue weighted by atomic mass is 79.9. The topological polar surface area (TPSA) is 64.6 Å². The van der Waals surface area contributed by atoms with Crippen LogP contribution in [-0.4, -0.2) is 25.0 Å². The van der Waals surface area contributed by atoms with Crippen LogP contribution < -0.4 is 10.1 Å². The number of carbonyl (C=O) groups is 2. The third-order valence-corrected chi connectivity index (χ3v) is 3.66. The molecule has 1 amide bonds. The van der Waals surface area contributed by atoms with Crippen LogP contribution in [0.15, 0.2) is 65.7 Å². The summed E-state index contributed by atoms with van der Waals surface area (Å²) in [4.78, 5) is 23.7. The van der Waals surface area contributed by atoms with E-state index >= 15 is 0 Å². The molecular formula is C19H18BrNO4. The summed E-state index contributed by atoms with van der Waals surface area (Å²) in [6, 6.07) is 14.5. The van der Waals surface area contributed by atoms with Gasteiger partial charge in [0.25, 0.3) is 5.91 Å². The molecule has 25 heavy (non-hydrogen) atoms. The lowest BCUT2D eigenvalue weighted by atomic mass is 10.2. The first kappa shape index (κ1) is 18.7. The van der Waals surface area contributed by atoms with Crippen LogP contribution in [0.4, 0.5) is 0 Å². The average Bonchev–Trinajstić information content (AvgIpc) is 2.63. The smallest absolute Gasteiger partial charge is 0.342 e. The van der Waals surface area contributed by atoms with Crippen molar-refractivity contribution < 1.29 is 19.1 Å². The maximum Gasteiger partial charge on any atom is 0.342 e. The monoisotopic (exact) mass is 403 g/mol. The van der Waals surface area contributed by atoms with Gasteiger partial charge in [-0.2, -0.15) is 0 Å². The molecule has 0 aliphatic carbocycles. The number of benzene rings is 2. The highest BCUT2D eigenvalue weighted by molar-refractivity contribution is 9.10. The van der Waals surface area contributed by atoms with E-state index in [1.165, 1.54) is 0 Å². The Labute approximate surface area is 154 Å². The summed E-state index contributed by atoms with van der Waals surface area (Å²) < 4.78 is 11.7. The van der Waals surface area contributed by atoms with Gasteiger partial charge in [-0.1, -0.05) is 46.3 Å². The van der Waals surface area contributed by atoms with Crippen LogP contribution >= 0.6 is 15.9 Å². The number of rotatable bonds is 8. The van der Waals surface area contributed by atoms with Crippen molar-refractivity contribution in [1.29, 1.82) is 0 Å². The number of para-hydroxylation sites is 1. The van der Waals surface area contributed by atoms with Crippen molar-refractivity contribution in [2.75, 3.05) is 13.2 Å². The molecule has 0 heterocycles. The third kappa shape index (κ3) is 6.08. The van der Waals surface area contributed by atoms with E-state index < -0.39 is 5.97 Å². The molecule has 130 valence electrons. The second-order valence-corrected chi connectivity index (χ2v) is 6.00. The van der Waals surface area contributed by atoms with Crippen molar-refractivity contribution in [1.82, 2.24) is 5.32 Å². The predicted molar refractivity (Wildman–Crippen MR) is 98.4 cm³/mol. The molecule has 1 N–H and O–H groups in total. The molecule has 0 saturated heterocycles. The molecule has 0 unspecified atom stereocenters. The fourth-order valence-electron chi connectivity index (χ4n) is 1.99. The summed E-state index contributed by atoms with van der Waals surface area (Å²) >= 11 is 3.40. The maximum absolute atomic E-state index is 12.2. The van der Waals surface area contributed by atoms with Gasteiger partial charge in [0.2, 0.25) is 0 Å². The largest absolute Gasteiger partial charge is 0.488 e. The molecule has 2 aromatic rings. The van der Waals surface area contributed by atoms with Gasteiger partial charge in [-0.3, -0.25) is 4.79 Å². The first-order valence-corrected chi connectivity index (χ1v) is 8.40. The Hall–Kier alpha value is -2.60. The summed E-state index contributed by atoms with van der Waals surface area (Å²) in [7, 11) is 0. The molecule has 0 fully saturated rings. The van der Waals surface area contributed by atoms with Gasteiger partial charge in [0.05, 0.1) is 0 Å². The fraction of sp³-hybridized carbons (Fsp3) is 0.158. The number of hydrogen-bond donors (Lipinski definition) is 1. The van der Waals surface area contributed by atoms with E-state index in [0.29, 0.717) is 18.9 Å². The van der Waals surface area contributed by atoms with E-state index in [2.05, 4.69) is 27.8 Å². The molecule has 0 atom stereocenters. The van der Waals surface area contributed by atoms with E-state index in [1.807, 2.05) is 24.3 Å². The number of hydrogen-bond acceptors (Lipinski definition) is 4. The number of nitrogens with one attached hydrogen (secondary N) is 1. The first-order chi connectivity index (χ1) is 12.1. The van der Waals surface area contributed by atoms with Crippen LogP contribution in [0.5, 0.6) is 5.75 Å². The number of esters is 1. The highest BCUT2D eigenvalue weighted by Crippen LogP contribution is 2.21. The van der Waals surface area contributed by atoms with Gasteiger partial charge < -0.3 is 14.8 Å². The van der Waals surface area contributed by atoms with Crippen molar-refractivity contribution in [2.45, 2.75) is 6.61 Å². The van der Waals surface area contributed by atoms with Crippen molar-refractivity contribution in [3.05, 3.63) is 76.8 Å². The number of halogens is 1. The van der Waals surface area contributed by atoms with Crippen molar-refractivity contribution in [3.63, 3.8) is 0 Å². The van der Waals surface area contributed by atoms with Gasteiger partial charge in [0.15, 0.2) is 6.61 Å². The predicted octanol–water partition coefficient (Wildman–Crippen LogP) is 3.49. The molecule has 0 radical (unpaired) electrons. The lowest BCUT2D eigenvalue weighted by molar-refractivity contribution is -0.124. The SMILES string of the molecule is C=CCNC(=O)COC(=O)c1ccccc1OCc1cccc(Br)c1. The van der Waals surface area contributed by atoms with Crippen LogP contribution in [-0.2, 0) is 16.1 Å². The minimum absolute atomic E-state index is 0.272.